The minimum Gasteiger partial charge on any atom is -0.508 e. The lowest BCUT2D eigenvalue weighted by atomic mass is 10.0. The second-order valence-corrected chi connectivity index (χ2v) is 5.98. The van der Waals surface area contributed by atoms with Gasteiger partial charge in [0.05, 0.1) is 12.2 Å². The average Bonchev–Trinajstić information content (AvgIpc) is 2.73. The molecule has 0 aromatic heterocycles. The fraction of sp³-hybridized carbons (Fsp3) is 0.600. The van der Waals surface area contributed by atoms with E-state index in [4.69, 9.17) is 4.74 Å². The number of ether oxygens (including phenoxy) is 1. The van der Waals surface area contributed by atoms with E-state index in [0.29, 0.717) is 11.8 Å². The van der Waals surface area contributed by atoms with E-state index in [1.54, 1.807) is 6.07 Å². The van der Waals surface area contributed by atoms with Crippen molar-refractivity contribution < 1.29 is 9.84 Å². The molecule has 0 amide bonds. The van der Waals surface area contributed by atoms with Gasteiger partial charge in [-0.25, -0.2) is 0 Å². The highest BCUT2D eigenvalue weighted by molar-refractivity contribution is 5.44. The smallest absolute Gasteiger partial charge is 0.119 e. The fourth-order valence-corrected chi connectivity index (χ4v) is 3.31. The van der Waals surface area contributed by atoms with Crippen molar-refractivity contribution in [2.75, 3.05) is 19.7 Å². The Labute approximate surface area is 108 Å². The Kier molecular flexibility index (Phi) is 2.83. The topological polar surface area (TPSA) is 32.7 Å². The number of fused-ring (bicyclic) bond motifs is 1. The lowest BCUT2D eigenvalue weighted by Crippen LogP contribution is -2.49. The summed E-state index contributed by atoms with van der Waals surface area (Å²) in [5.41, 5.74) is 2.40. The first-order chi connectivity index (χ1) is 8.57. The van der Waals surface area contributed by atoms with Crippen LogP contribution in [0, 0.1) is 0 Å². The molecule has 1 aliphatic carbocycles. The molecule has 1 heterocycles. The van der Waals surface area contributed by atoms with Gasteiger partial charge in [0.25, 0.3) is 0 Å². The van der Waals surface area contributed by atoms with Gasteiger partial charge in [-0.2, -0.15) is 0 Å². The number of benzene rings is 1. The van der Waals surface area contributed by atoms with E-state index >= 15 is 0 Å². The normalized spacial score (nSPS) is 27.1. The van der Waals surface area contributed by atoms with E-state index in [1.807, 2.05) is 6.07 Å². The van der Waals surface area contributed by atoms with Crippen LogP contribution in [-0.4, -0.2) is 35.3 Å². The third kappa shape index (κ3) is 2.02. The zero-order valence-corrected chi connectivity index (χ0v) is 11.1. The maximum atomic E-state index is 9.91. The van der Waals surface area contributed by atoms with Crippen LogP contribution in [0.4, 0.5) is 0 Å². The third-order valence-electron chi connectivity index (χ3n) is 4.11. The summed E-state index contributed by atoms with van der Waals surface area (Å²) in [6, 6.07) is 6.37. The van der Waals surface area contributed by atoms with Gasteiger partial charge in [0.15, 0.2) is 0 Å². The minimum atomic E-state index is -0.0577. The first-order valence-corrected chi connectivity index (χ1v) is 6.76. The molecule has 98 valence electrons. The van der Waals surface area contributed by atoms with Crippen molar-refractivity contribution in [2.24, 2.45) is 0 Å². The molecular weight excluding hydrogens is 226 g/mol. The Morgan fingerprint density at radius 2 is 2.22 bits per heavy atom. The van der Waals surface area contributed by atoms with E-state index in [1.165, 1.54) is 5.56 Å². The van der Waals surface area contributed by atoms with Gasteiger partial charge in [0.2, 0.25) is 0 Å². The molecule has 18 heavy (non-hydrogen) atoms. The summed E-state index contributed by atoms with van der Waals surface area (Å²) in [6.07, 6.45) is 2.10. The molecule has 1 aliphatic heterocycles. The van der Waals surface area contributed by atoms with Crippen LogP contribution in [0.15, 0.2) is 18.2 Å². The molecular formula is C15H21NO2. The van der Waals surface area contributed by atoms with Crippen LogP contribution >= 0.6 is 0 Å². The predicted molar refractivity (Wildman–Crippen MR) is 70.8 cm³/mol. The summed E-state index contributed by atoms with van der Waals surface area (Å²) >= 11 is 0. The second-order valence-electron chi connectivity index (χ2n) is 5.98. The maximum absolute atomic E-state index is 9.91. The number of morpholine rings is 1. The quantitative estimate of drug-likeness (QED) is 0.827. The predicted octanol–water partition coefficient (Wildman–Crippen LogP) is 2.49. The van der Waals surface area contributed by atoms with Gasteiger partial charge in [-0.05, 0) is 43.9 Å². The van der Waals surface area contributed by atoms with Crippen LogP contribution in [0.25, 0.3) is 0 Å². The zero-order chi connectivity index (χ0) is 12.8. The van der Waals surface area contributed by atoms with E-state index in [9.17, 15) is 5.11 Å². The monoisotopic (exact) mass is 247 g/mol. The van der Waals surface area contributed by atoms with Crippen molar-refractivity contribution in [3.8, 4) is 5.75 Å². The second kappa shape index (κ2) is 4.25. The van der Waals surface area contributed by atoms with E-state index in [0.717, 1.165) is 38.1 Å². The molecule has 0 bridgehead atoms. The highest BCUT2D eigenvalue weighted by atomic mass is 16.5. The van der Waals surface area contributed by atoms with Gasteiger partial charge < -0.3 is 9.84 Å². The number of rotatable bonds is 1. The molecule has 1 N–H and O–H groups in total. The standard InChI is InChI=1S/C15H21NO2/c1-15(2)10-16(8-9-18-15)13-7-6-12-11(13)4-3-5-14(12)17/h3-5,13,17H,6-10H2,1-2H3. The molecule has 0 radical (unpaired) electrons. The van der Waals surface area contributed by atoms with E-state index in [2.05, 4.69) is 24.8 Å². The highest BCUT2D eigenvalue weighted by Crippen LogP contribution is 2.40. The van der Waals surface area contributed by atoms with E-state index < -0.39 is 0 Å². The van der Waals surface area contributed by atoms with Gasteiger partial charge in [-0.15, -0.1) is 0 Å². The SMILES string of the molecule is CC1(C)CN(C2CCc3c(O)cccc32)CCO1. The summed E-state index contributed by atoms with van der Waals surface area (Å²) < 4.78 is 5.78. The number of hydrogen-bond acceptors (Lipinski definition) is 3. The number of aromatic hydroxyl groups is 1. The molecule has 1 fully saturated rings. The van der Waals surface area contributed by atoms with Crippen molar-refractivity contribution in [3.63, 3.8) is 0 Å². The van der Waals surface area contributed by atoms with Crippen LogP contribution in [-0.2, 0) is 11.2 Å². The van der Waals surface area contributed by atoms with Crippen molar-refractivity contribution >= 4 is 0 Å². The van der Waals surface area contributed by atoms with Crippen LogP contribution in [0.5, 0.6) is 5.75 Å². The maximum Gasteiger partial charge on any atom is 0.119 e. The molecule has 1 saturated heterocycles. The van der Waals surface area contributed by atoms with Crippen LogP contribution in [0.2, 0.25) is 0 Å². The van der Waals surface area contributed by atoms with Crippen molar-refractivity contribution in [2.45, 2.75) is 38.3 Å². The molecule has 0 spiro atoms. The fourth-order valence-electron chi connectivity index (χ4n) is 3.31. The molecule has 3 heteroatoms. The number of hydrogen-bond donors (Lipinski definition) is 1. The Hall–Kier alpha value is -1.06. The molecule has 1 atom stereocenters. The third-order valence-corrected chi connectivity index (χ3v) is 4.11. The number of nitrogens with zero attached hydrogens (tertiary/aromatic N) is 1. The largest absolute Gasteiger partial charge is 0.508 e. The Morgan fingerprint density at radius 1 is 1.39 bits per heavy atom. The summed E-state index contributed by atoms with van der Waals surface area (Å²) in [6.45, 7) is 7.06. The van der Waals surface area contributed by atoms with Crippen LogP contribution in [0.1, 0.15) is 37.4 Å². The van der Waals surface area contributed by atoms with Crippen LogP contribution in [0.3, 0.4) is 0 Å². The zero-order valence-electron chi connectivity index (χ0n) is 11.1. The molecule has 1 aromatic rings. The van der Waals surface area contributed by atoms with Gasteiger partial charge in [0, 0.05) is 19.1 Å². The Morgan fingerprint density at radius 3 is 3.00 bits per heavy atom. The lowest BCUT2D eigenvalue weighted by molar-refractivity contribution is -0.0974. The highest BCUT2D eigenvalue weighted by Gasteiger charge is 2.35. The first kappa shape index (κ1) is 12.0. The van der Waals surface area contributed by atoms with E-state index in [-0.39, 0.29) is 5.60 Å². The number of phenolic OH excluding ortho intramolecular Hbond substituents is 1. The Balaban J connectivity index is 1.86. The molecule has 3 nitrogen and oxygen atoms in total. The molecule has 2 aliphatic rings. The lowest BCUT2D eigenvalue weighted by Gasteiger charge is -2.41. The summed E-state index contributed by atoms with van der Waals surface area (Å²) in [5, 5.41) is 9.91. The molecule has 0 saturated carbocycles. The van der Waals surface area contributed by atoms with Gasteiger partial charge in [-0.3, -0.25) is 4.90 Å². The Bertz CT molecular complexity index is 456. The summed E-state index contributed by atoms with van der Waals surface area (Å²) in [7, 11) is 0. The van der Waals surface area contributed by atoms with Gasteiger partial charge in [-0.1, -0.05) is 12.1 Å². The first-order valence-electron chi connectivity index (χ1n) is 6.76. The van der Waals surface area contributed by atoms with Gasteiger partial charge in [0.1, 0.15) is 5.75 Å². The summed E-state index contributed by atoms with van der Waals surface area (Å²) in [5.74, 6) is 0.461. The molecule has 1 unspecified atom stereocenters. The number of phenols is 1. The minimum absolute atomic E-state index is 0.0577. The van der Waals surface area contributed by atoms with Gasteiger partial charge >= 0.3 is 0 Å². The average molecular weight is 247 g/mol. The van der Waals surface area contributed by atoms with Crippen LogP contribution < -0.4 is 0 Å². The van der Waals surface area contributed by atoms with Crippen molar-refractivity contribution in [3.05, 3.63) is 29.3 Å². The molecule has 3 rings (SSSR count). The van der Waals surface area contributed by atoms with Crippen molar-refractivity contribution in [1.29, 1.82) is 0 Å². The summed E-state index contributed by atoms with van der Waals surface area (Å²) in [4.78, 5) is 2.51. The van der Waals surface area contributed by atoms with Crippen molar-refractivity contribution in [1.82, 2.24) is 4.90 Å². The molecule has 1 aromatic carbocycles.